The largest absolute Gasteiger partial charge is 0.493 e. The molecule has 0 atom stereocenters. The van der Waals surface area contributed by atoms with Crippen LogP contribution in [0, 0.1) is 13.8 Å². The number of aromatic nitrogens is 1. The Labute approximate surface area is 130 Å². The van der Waals surface area contributed by atoms with E-state index >= 15 is 0 Å². The Hall–Kier alpha value is -1.00. The van der Waals surface area contributed by atoms with E-state index in [1.807, 2.05) is 6.07 Å². The maximum absolute atomic E-state index is 5.81. The molecule has 108 valence electrons. The van der Waals surface area contributed by atoms with Crippen LogP contribution < -0.4 is 4.74 Å². The van der Waals surface area contributed by atoms with Gasteiger partial charge in [0.15, 0.2) is 0 Å². The van der Waals surface area contributed by atoms with E-state index in [-0.39, 0.29) is 0 Å². The third-order valence-electron chi connectivity index (χ3n) is 3.36. The summed E-state index contributed by atoms with van der Waals surface area (Å²) in [5.74, 6) is 1.72. The zero-order valence-electron chi connectivity index (χ0n) is 12.3. The fourth-order valence-corrected chi connectivity index (χ4v) is 3.38. The Bertz CT molecular complexity index is 556. The minimum absolute atomic E-state index is 0.672. The average molecular weight is 307 g/mol. The summed E-state index contributed by atoms with van der Waals surface area (Å²) in [6.07, 6.45) is 1.84. The molecule has 0 unspecified atom stereocenters. The molecule has 0 N–H and O–H groups in total. The smallest absolute Gasteiger partial charge is 0.119 e. The molecule has 0 fully saturated rings. The van der Waals surface area contributed by atoms with Gasteiger partial charge < -0.3 is 4.74 Å². The zero-order valence-corrected chi connectivity index (χ0v) is 14.0. The van der Waals surface area contributed by atoms with Crippen LogP contribution in [0.2, 0.25) is 0 Å². The summed E-state index contributed by atoms with van der Waals surface area (Å²) in [6.45, 7) is 7.03. The molecule has 0 spiro atoms. The molecule has 1 heterocycles. The summed E-state index contributed by atoms with van der Waals surface area (Å²) in [6, 6.07) is 6.22. The van der Waals surface area contributed by atoms with E-state index in [4.69, 9.17) is 4.74 Å². The molecular weight excluding hydrogens is 286 g/mol. The summed E-state index contributed by atoms with van der Waals surface area (Å²) in [5.41, 5.74) is 3.75. The van der Waals surface area contributed by atoms with Gasteiger partial charge in [0.2, 0.25) is 0 Å². The van der Waals surface area contributed by atoms with Crippen molar-refractivity contribution < 1.29 is 4.74 Å². The Morgan fingerprint density at radius 2 is 2.05 bits per heavy atom. The summed E-state index contributed by atoms with van der Waals surface area (Å²) in [4.78, 5) is 5.94. The molecule has 1 aromatic carbocycles. The fraction of sp³-hybridized carbons (Fsp3) is 0.438. The monoisotopic (exact) mass is 307 g/mol. The van der Waals surface area contributed by atoms with Crippen LogP contribution in [0.3, 0.4) is 0 Å². The summed E-state index contributed by atoms with van der Waals surface area (Å²) >= 11 is 6.11. The molecular formula is C16H21NOS2. The van der Waals surface area contributed by atoms with Crippen molar-refractivity contribution in [3.05, 3.63) is 44.9 Å². The van der Waals surface area contributed by atoms with E-state index in [9.17, 15) is 0 Å². The second kappa shape index (κ2) is 7.14. The van der Waals surface area contributed by atoms with Gasteiger partial charge in [0.25, 0.3) is 0 Å². The van der Waals surface area contributed by atoms with Crippen LogP contribution in [0.4, 0.5) is 0 Å². The lowest BCUT2D eigenvalue weighted by atomic mass is 10.1. The topological polar surface area (TPSA) is 22.1 Å². The number of hydrogen-bond acceptors (Lipinski definition) is 4. The molecule has 1 aromatic heterocycles. The molecule has 0 saturated carbocycles. The molecule has 0 saturated heterocycles. The summed E-state index contributed by atoms with van der Waals surface area (Å²) in [7, 11) is 0. The third kappa shape index (κ3) is 3.76. The van der Waals surface area contributed by atoms with Gasteiger partial charge in [-0.2, -0.15) is 12.6 Å². The first kappa shape index (κ1) is 15.4. The van der Waals surface area contributed by atoms with Gasteiger partial charge in [-0.3, -0.25) is 0 Å². The van der Waals surface area contributed by atoms with Gasteiger partial charge in [0.05, 0.1) is 17.3 Å². The molecule has 0 aliphatic heterocycles. The molecule has 0 radical (unpaired) electrons. The molecule has 0 aliphatic rings. The fourth-order valence-electron chi connectivity index (χ4n) is 2.00. The Kier molecular flexibility index (Phi) is 5.49. The minimum Gasteiger partial charge on any atom is -0.493 e. The van der Waals surface area contributed by atoms with Gasteiger partial charge in [0, 0.05) is 17.1 Å². The molecule has 4 heteroatoms. The number of thiol groups is 1. The van der Waals surface area contributed by atoms with Crippen molar-refractivity contribution in [3.63, 3.8) is 0 Å². The van der Waals surface area contributed by atoms with Crippen molar-refractivity contribution in [2.45, 2.75) is 39.4 Å². The zero-order chi connectivity index (χ0) is 14.5. The Morgan fingerprint density at radius 1 is 1.25 bits per heavy atom. The van der Waals surface area contributed by atoms with Gasteiger partial charge in [-0.05, 0) is 43.5 Å². The molecule has 2 nitrogen and oxygen atoms in total. The standard InChI is InChI=1S/C16H21NOS2/c1-4-14-15(10-19)20-16(17-14)7-8-18-13-6-5-11(2)12(3)9-13/h5-6,9,19H,4,7-8,10H2,1-3H3. The Balaban J connectivity index is 1.92. The third-order valence-corrected chi connectivity index (χ3v) is 5.05. The van der Waals surface area contributed by atoms with Crippen molar-refractivity contribution in [3.8, 4) is 5.75 Å². The van der Waals surface area contributed by atoms with Crippen molar-refractivity contribution in [1.82, 2.24) is 4.98 Å². The van der Waals surface area contributed by atoms with E-state index in [0.717, 1.165) is 29.4 Å². The summed E-state index contributed by atoms with van der Waals surface area (Å²) in [5, 5.41) is 1.15. The second-order valence-electron chi connectivity index (χ2n) is 4.83. The molecule has 0 aliphatic carbocycles. The molecule has 0 bridgehead atoms. The average Bonchev–Trinajstić information content (AvgIpc) is 2.85. The van der Waals surface area contributed by atoms with Gasteiger partial charge >= 0.3 is 0 Å². The van der Waals surface area contributed by atoms with Crippen molar-refractivity contribution >= 4 is 24.0 Å². The number of hydrogen-bond donors (Lipinski definition) is 1. The summed E-state index contributed by atoms with van der Waals surface area (Å²) < 4.78 is 5.81. The molecule has 2 aromatic rings. The highest BCUT2D eigenvalue weighted by Gasteiger charge is 2.08. The van der Waals surface area contributed by atoms with Gasteiger partial charge in [0.1, 0.15) is 5.75 Å². The minimum atomic E-state index is 0.672. The van der Waals surface area contributed by atoms with Crippen LogP contribution in [-0.4, -0.2) is 11.6 Å². The predicted octanol–water partition coefficient (Wildman–Crippen LogP) is 4.37. The highest BCUT2D eigenvalue weighted by atomic mass is 32.1. The maximum atomic E-state index is 5.81. The lowest BCUT2D eigenvalue weighted by Crippen LogP contribution is -2.01. The highest BCUT2D eigenvalue weighted by molar-refractivity contribution is 7.79. The first-order chi connectivity index (χ1) is 9.63. The SMILES string of the molecule is CCc1nc(CCOc2ccc(C)c(C)c2)sc1CS. The van der Waals surface area contributed by atoms with E-state index in [1.54, 1.807) is 11.3 Å². The van der Waals surface area contributed by atoms with Crippen molar-refractivity contribution in [2.75, 3.05) is 6.61 Å². The van der Waals surface area contributed by atoms with Gasteiger partial charge in [-0.15, -0.1) is 11.3 Å². The maximum Gasteiger partial charge on any atom is 0.119 e. The molecule has 20 heavy (non-hydrogen) atoms. The van der Waals surface area contributed by atoms with Crippen LogP contribution in [-0.2, 0) is 18.6 Å². The van der Waals surface area contributed by atoms with Gasteiger partial charge in [-0.1, -0.05) is 13.0 Å². The lowest BCUT2D eigenvalue weighted by molar-refractivity contribution is 0.321. The van der Waals surface area contributed by atoms with E-state index in [0.29, 0.717) is 6.61 Å². The molecule has 0 amide bonds. The molecule has 2 rings (SSSR count). The quantitative estimate of drug-likeness (QED) is 0.800. The normalized spacial score (nSPS) is 10.8. The number of rotatable bonds is 6. The van der Waals surface area contributed by atoms with Crippen LogP contribution in [0.1, 0.15) is 33.6 Å². The second-order valence-corrected chi connectivity index (χ2v) is 6.32. The number of benzene rings is 1. The highest BCUT2D eigenvalue weighted by Crippen LogP contribution is 2.22. The van der Waals surface area contributed by atoms with Gasteiger partial charge in [-0.25, -0.2) is 4.98 Å². The lowest BCUT2D eigenvalue weighted by Gasteiger charge is -2.07. The number of aryl methyl sites for hydroxylation is 3. The van der Waals surface area contributed by atoms with Crippen LogP contribution in [0.5, 0.6) is 5.75 Å². The van der Waals surface area contributed by atoms with Crippen molar-refractivity contribution in [2.24, 2.45) is 0 Å². The Morgan fingerprint density at radius 3 is 2.65 bits per heavy atom. The van der Waals surface area contributed by atoms with E-state index < -0.39 is 0 Å². The van der Waals surface area contributed by atoms with Crippen molar-refractivity contribution in [1.29, 1.82) is 0 Å². The van der Waals surface area contributed by atoms with E-state index in [2.05, 4.69) is 50.5 Å². The predicted molar refractivity (Wildman–Crippen MR) is 89.3 cm³/mol. The van der Waals surface area contributed by atoms with Crippen LogP contribution in [0.15, 0.2) is 18.2 Å². The van der Waals surface area contributed by atoms with Crippen LogP contribution in [0.25, 0.3) is 0 Å². The first-order valence-corrected chi connectivity index (χ1v) is 8.37. The first-order valence-electron chi connectivity index (χ1n) is 6.92. The number of nitrogens with zero attached hydrogens (tertiary/aromatic N) is 1. The van der Waals surface area contributed by atoms with Crippen LogP contribution >= 0.6 is 24.0 Å². The number of thiazole rings is 1. The number of ether oxygens (including phenoxy) is 1. The van der Waals surface area contributed by atoms with E-state index in [1.165, 1.54) is 21.7 Å².